The highest BCUT2D eigenvalue weighted by atomic mass is 19.4. The Morgan fingerprint density at radius 2 is 2.00 bits per heavy atom. The molecule has 0 spiro atoms. The van der Waals surface area contributed by atoms with Crippen molar-refractivity contribution in [1.82, 2.24) is 15.3 Å². The third-order valence-corrected chi connectivity index (χ3v) is 6.01. The molecule has 188 valence electrons. The van der Waals surface area contributed by atoms with Crippen molar-refractivity contribution in [3.8, 4) is 0 Å². The molecule has 2 fully saturated rings. The predicted molar refractivity (Wildman–Crippen MR) is 126 cm³/mol. The molecule has 2 saturated heterocycles. The van der Waals surface area contributed by atoms with Crippen LogP contribution in [0.1, 0.15) is 50.3 Å². The third-order valence-electron chi connectivity index (χ3n) is 6.01. The molecule has 0 amide bonds. The molecule has 0 aliphatic carbocycles. The van der Waals surface area contributed by atoms with Gasteiger partial charge in [-0.3, -0.25) is 0 Å². The third kappa shape index (κ3) is 5.61. The Morgan fingerprint density at radius 1 is 1.26 bits per heavy atom. The number of aliphatic hydroxyl groups is 1. The summed E-state index contributed by atoms with van der Waals surface area (Å²) in [7, 11) is 0. The number of hydrogen-bond acceptors (Lipinski definition) is 7. The molecule has 2 aliphatic heterocycles. The second-order valence-corrected chi connectivity index (χ2v) is 8.43. The van der Waals surface area contributed by atoms with E-state index in [2.05, 4.69) is 20.6 Å². The fourth-order valence-electron chi connectivity index (χ4n) is 4.26. The van der Waals surface area contributed by atoms with Crippen LogP contribution in [0.5, 0.6) is 0 Å². The van der Waals surface area contributed by atoms with Crippen LogP contribution >= 0.6 is 0 Å². The highest BCUT2D eigenvalue weighted by Crippen LogP contribution is 2.37. The molecule has 4 rings (SSSR count). The number of nitrogens with zero attached hydrogens (tertiary/aromatic N) is 3. The van der Waals surface area contributed by atoms with Crippen molar-refractivity contribution < 1.29 is 23.0 Å². The summed E-state index contributed by atoms with van der Waals surface area (Å²) in [6.07, 6.45) is -3.28. The zero-order valence-electron chi connectivity index (χ0n) is 20.2. The van der Waals surface area contributed by atoms with Crippen molar-refractivity contribution in [3.05, 3.63) is 41.1 Å². The van der Waals surface area contributed by atoms with Gasteiger partial charge in [0.25, 0.3) is 0 Å². The average Bonchev–Trinajstić information content (AvgIpc) is 2.78. The summed E-state index contributed by atoms with van der Waals surface area (Å²) < 4.78 is 46.1. The van der Waals surface area contributed by atoms with Crippen LogP contribution in [0.25, 0.3) is 0 Å². The van der Waals surface area contributed by atoms with Gasteiger partial charge in [-0.1, -0.05) is 32.9 Å². The van der Waals surface area contributed by atoms with E-state index >= 15 is 0 Å². The Labute approximate surface area is 198 Å². The number of piperidine rings is 1. The largest absolute Gasteiger partial charge is 0.421 e. The molecule has 1 unspecified atom stereocenters. The molecule has 3 heterocycles. The Bertz CT molecular complexity index is 966. The van der Waals surface area contributed by atoms with E-state index in [1.54, 1.807) is 0 Å². The molecular weight excluding hydrogens is 447 g/mol. The molecule has 1 aromatic heterocycles. The van der Waals surface area contributed by atoms with Gasteiger partial charge >= 0.3 is 6.18 Å². The molecule has 10 heteroatoms. The number of nitrogens with one attached hydrogen (secondary N) is 2. The molecule has 1 aromatic carbocycles. The quantitative estimate of drug-likeness (QED) is 0.565. The number of aromatic nitrogens is 2. The van der Waals surface area contributed by atoms with Crippen molar-refractivity contribution in [2.45, 2.75) is 58.4 Å². The molecule has 2 aliphatic rings. The molecular formula is C24H34F3N5O2. The van der Waals surface area contributed by atoms with E-state index in [0.717, 1.165) is 23.9 Å². The van der Waals surface area contributed by atoms with Gasteiger partial charge < -0.3 is 25.4 Å². The van der Waals surface area contributed by atoms with Crippen LogP contribution in [0.2, 0.25) is 0 Å². The Hall–Kier alpha value is -2.43. The summed E-state index contributed by atoms with van der Waals surface area (Å²) in [5, 5.41) is 16.5. The zero-order valence-corrected chi connectivity index (χ0v) is 20.2. The second kappa shape index (κ2) is 10.9. The molecule has 0 radical (unpaired) electrons. The number of rotatable bonds is 6. The summed E-state index contributed by atoms with van der Waals surface area (Å²) in [5.41, 5.74) is 1.63. The van der Waals surface area contributed by atoms with Gasteiger partial charge in [0.05, 0.1) is 24.9 Å². The van der Waals surface area contributed by atoms with Crippen LogP contribution in [0.3, 0.4) is 0 Å². The van der Waals surface area contributed by atoms with Crippen LogP contribution in [-0.4, -0.2) is 54.0 Å². The van der Waals surface area contributed by atoms with Crippen LogP contribution in [-0.2, 0) is 16.5 Å². The van der Waals surface area contributed by atoms with E-state index in [4.69, 9.17) is 4.74 Å². The molecule has 34 heavy (non-hydrogen) atoms. The second-order valence-electron chi connectivity index (χ2n) is 8.43. The van der Waals surface area contributed by atoms with E-state index in [1.807, 2.05) is 45.9 Å². The van der Waals surface area contributed by atoms with E-state index < -0.39 is 17.8 Å². The monoisotopic (exact) mass is 481 g/mol. The van der Waals surface area contributed by atoms with Crippen molar-refractivity contribution >= 4 is 17.5 Å². The summed E-state index contributed by atoms with van der Waals surface area (Å²) >= 11 is 0. The lowest BCUT2D eigenvalue weighted by Crippen LogP contribution is -2.57. The van der Waals surface area contributed by atoms with Gasteiger partial charge in [0.15, 0.2) is 0 Å². The van der Waals surface area contributed by atoms with Crippen LogP contribution in [0.15, 0.2) is 24.4 Å². The minimum Gasteiger partial charge on any atom is -0.391 e. The normalized spacial score (nSPS) is 19.6. The van der Waals surface area contributed by atoms with Gasteiger partial charge in [-0.15, -0.1) is 0 Å². The minimum absolute atomic E-state index is 0.0808. The van der Waals surface area contributed by atoms with Gasteiger partial charge in [-0.25, -0.2) is 4.98 Å². The van der Waals surface area contributed by atoms with Crippen LogP contribution < -0.4 is 15.5 Å². The van der Waals surface area contributed by atoms with Crippen molar-refractivity contribution in [3.63, 3.8) is 0 Å². The smallest absolute Gasteiger partial charge is 0.391 e. The maximum atomic E-state index is 13.6. The van der Waals surface area contributed by atoms with Crippen molar-refractivity contribution in [2.24, 2.45) is 0 Å². The first-order chi connectivity index (χ1) is 16.2. The highest BCUT2D eigenvalue weighted by Gasteiger charge is 2.40. The SMILES string of the molecule is CC.CCNC1(c2ccc(Nc3ncc(C(F)(F)F)c(N4CCCC(O)C4)n3)c(C)c2)COC1. The Kier molecular flexibility index (Phi) is 8.38. The van der Waals surface area contributed by atoms with Crippen LogP contribution in [0.4, 0.5) is 30.6 Å². The fraction of sp³-hybridized carbons (Fsp3) is 0.583. The fourth-order valence-corrected chi connectivity index (χ4v) is 4.26. The first kappa shape index (κ1) is 26.2. The molecule has 7 nitrogen and oxygen atoms in total. The van der Waals surface area contributed by atoms with Crippen LogP contribution in [0, 0.1) is 6.92 Å². The lowest BCUT2D eigenvalue weighted by Gasteiger charge is -2.42. The maximum Gasteiger partial charge on any atom is 0.421 e. The number of likely N-dealkylation sites (N-methyl/N-ethyl adjacent to an activating group) is 1. The van der Waals surface area contributed by atoms with Crippen molar-refractivity contribution in [2.75, 3.05) is 43.1 Å². The molecule has 2 aromatic rings. The van der Waals surface area contributed by atoms with Gasteiger partial charge in [0, 0.05) is 25.0 Å². The molecule has 3 N–H and O–H groups in total. The standard InChI is InChI=1S/C22H28F3N5O2.C2H6/c1-3-27-21(12-32-13-21)15-6-7-18(14(2)9-15)28-20-26-10-17(22(23,24)25)19(29-20)30-8-4-5-16(31)11-30;1-2/h6-7,9-10,16,27,31H,3-5,8,11-13H2,1-2H3,(H,26,28,29);1-2H3. The number of halogens is 3. The van der Waals surface area contributed by atoms with Gasteiger partial charge in [-0.2, -0.15) is 18.2 Å². The number of hydrogen-bond donors (Lipinski definition) is 3. The Morgan fingerprint density at radius 3 is 2.56 bits per heavy atom. The summed E-state index contributed by atoms with van der Waals surface area (Å²) in [5.74, 6) is -0.127. The molecule has 0 saturated carbocycles. The zero-order chi connectivity index (χ0) is 24.9. The number of ether oxygens (including phenoxy) is 1. The van der Waals surface area contributed by atoms with E-state index in [-0.39, 0.29) is 23.8 Å². The van der Waals surface area contributed by atoms with E-state index in [9.17, 15) is 18.3 Å². The summed E-state index contributed by atoms with van der Waals surface area (Å²) in [4.78, 5) is 9.60. The Balaban J connectivity index is 0.00000158. The number of aliphatic hydroxyl groups excluding tert-OH is 1. The number of alkyl halides is 3. The van der Waals surface area contributed by atoms with E-state index in [0.29, 0.717) is 38.3 Å². The topological polar surface area (TPSA) is 82.5 Å². The average molecular weight is 482 g/mol. The summed E-state index contributed by atoms with van der Waals surface area (Å²) in [6, 6.07) is 5.90. The summed E-state index contributed by atoms with van der Waals surface area (Å²) in [6.45, 7) is 10.5. The predicted octanol–water partition coefficient (Wildman–Crippen LogP) is 4.37. The van der Waals surface area contributed by atoms with Gasteiger partial charge in [0.1, 0.15) is 11.4 Å². The van der Waals surface area contributed by atoms with Crippen molar-refractivity contribution in [1.29, 1.82) is 0 Å². The van der Waals surface area contributed by atoms with E-state index in [1.165, 1.54) is 4.90 Å². The minimum atomic E-state index is -4.58. The number of benzene rings is 1. The van der Waals surface area contributed by atoms with Gasteiger partial charge in [0.2, 0.25) is 5.95 Å². The molecule has 0 bridgehead atoms. The highest BCUT2D eigenvalue weighted by molar-refractivity contribution is 5.62. The van der Waals surface area contributed by atoms with Gasteiger partial charge in [-0.05, 0) is 43.5 Å². The first-order valence-electron chi connectivity index (χ1n) is 11.8. The lowest BCUT2D eigenvalue weighted by molar-refractivity contribution is -0.137. The number of aryl methyl sites for hydroxylation is 1. The first-order valence-corrected chi connectivity index (χ1v) is 11.8. The maximum absolute atomic E-state index is 13.6. The number of β-amino-alcohol motifs (C(OH)–C–C–N with tert-alkyl or cyclic N) is 1. The molecule has 1 atom stereocenters. The lowest BCUT2D eigenvalue weighted by atomic mass is 9.86. The number of anilines is 3.